The van der Waals surface area contributed by atoms with Gasteiger partial charge in [0, 0.05) is 18.7 Å². The molecule has 2 rings (SSSR count). The number of nitrogens with one attached hydrogen (secondary N) is 2. The van der Waals surface area contributed by atoms with Gasteiger partial charge in [0.25, 0.3) is 11.5 Å². The summed E-state index contributed by atoms with van der Waals surface area (Å²) in [6, 6.07) is 11.4. The van der Waals surface area contributed by atoms with Crippen LogP contribution in [0.15, 0.2) is 47.4 Å². The molecule has 3 N–H and O–H groups in total. The lowest BCUT2D eigenvalue weighted by atomic mass is 9.93. The third-order valence-corrected chi connectivity index (χ3v) is 3.80. The van der Waals surface area contributed by atoms with Gasteiger partial charge in [-0.2, -0.15) is 0 Å². The van der Waals surface area contributed by atoms with Gasteiger partial charge in [-0.3, -0.25) is 9.59 Å². The molecule has 5 nitrogen and oxygen atoms in total. The minimum Gasteiger partial charge on any atom is -0.393 e. The Kier molecular flexibility index (Phi) is 5.71. The van der Waals surface area contributed by atoms with Crippen molar-refractivity contribution >= 4 is 5.91 Å². The second-order valence-corrected chi connectivity index (χ2v) is 5.77. The number of amides is 1. The highest BCUT2D eigenvalue weighted by atomic mass is 16.3. The van der Waals surface area contributed by atoms with Gasteiger partial charge in [0.15, 0.2) is 0 Å². The highest BCUT2D eigenvalue weighted by molar-refractivity contribution is 5.95. The van der Waals surface area contributed by atoms with Gasteiger partial charge in [-0.05, 0) is 37.5 Å². The van der Waals surface area contributed by atoms with E-state index in [0.29, 0.717) is 18.5 Å². The number of aliphatic hydroxyl groups is 1. The number of H-pyrrole nitrogens is 1. The van der Waals surface area contributed by atoms with Crippen LogP contribution in [0.5, 0.6) is 0 Å². The van der Waals surface area contributed by atoms with E-state index in [0.717, 1.165) is 5.56 Å². The Bertz CT molecular complexity index is 708. The number of hydrogen-bond donors (Lipinski definition) is 3. The first-order chi connectivity index (χ1) is 11.0. The molecule has 2 unspecified atom stereocenters. The summed E-state index contributed by atoms with van der Waals surface area (Å²) in [5.41, 5.74) is 1.43. The third-order valence-electron chi connectivity index (χ3n) is 3.80. The summed E-state index contributed by atoms with van der Waals surface area (Å²) in [4.78, 5) is 26.6. The Hall–Kier alpha value is -2.40. The van der Waals surface area contributed by atoms with Gasteiger partial charge >= 0.3 is 0 Å². The molecule has 0 spiro atoms. The van der Waals surface area contributed by atoms with Crippen LogP contribution in [0.4, 0.5) is 0 Å². The number of rotatable bonds is 6. The van der Waals surface area contributed by atoms with Crippen molar-refractivity contribution in [1.29, 1.82) is 0 Å². The van der Waals surface area contributed by atoms with Crippen molar-refractivity contribution in [2.75, 3.05) is 6.54 Å². The van der Waals surface area contributed by atoms with E-state index in [1.807, 2.05) is 30.3 Å². The maximum atomic E-state index is 12.3. The van der Waals surface area contributed by atoms with Gasteiger partial charge in [-0.25, -0.2) is 0 Å². The Balaban J connectivity index is 2.12. The van der Waals surface area contributed by atoms with E-state index in [1.54, 1.807) is 19.9 Å². The second kappa shape index (κ2) is 7.74. The molecule has 5 heteroatoms. The minimum atomic E-state index is -0.473. The molecular weight excluding hydrogens is 292 g/mol. The SMILES string of the molecule is Cc1cc[nH]c(=O)c1C(=O)NCC(CC(C)O)c1ccccc1. The van der Waals surface area contributed by atoms with E-state index in [-0.39, 0.29) is 11.5 Å². The molecule has 0 bridgehead atoms. The predicted molar refractivity (Wildman–Crippen MR) is 89.6 cm³/mol. The van der Waals surface area contributed by atoms with Crippen LogP contribution < -0.4 is 10.9 Å². The van der Waals surface area contributed by atoms with E-state index in [2.05, 4.69) is 10.3 Å². The number of hydrogen-bond acceptors (Lipinski definition) is 3. The molecule has 2 aromatic rings. The normalized spacial score (nSPS) is 13.3. The fourth-order valence-corrected chi connectivity index (χ4v) is 2.64. The average Bonchev–Trinajstić information content (AvgIpc) is 2.51. The first-order valence-corrected chi connectivity index (χ1v) is 7.68. The summed E-state index contributed by atoms with van der Waals surface area (Å²) in [5, 5.41) is 12.5. The van der Waals surface area contributed by atoms with Gasteiger partial charge in [0.05, 0.1) is 6.10 Å². The van der Waals surface area contributed by atoms with Crippen molar-refractivity contribution < 1.29 is 9.90 Å². The number of pyridine rings is 1. The molecule has 1 aromatic carbocycles. The van der Waals surface area contributed by atoms with Gasteiger partial charge < -0.3 is 15.4 Å². The molecule has 0 radical (unpaired) electrons. The third kappa shape index (κ3) is 4.53. The monoisotopic (exact) mass is 314 g/mol. The average molecular weight is 314 g/mol. The van der Waals surface area contributed by atoms with Crippen molar-refractivity contribution in [3.8, 4) is 0 Å². The Morgan fingerprint density at radius 3 is 2.57 bits per heavy atom. The highest BCUT2D eigenvalue weighted by Crippen LogP contribution is 2.20. The van der Waals surface area contributed by atoms with Crippen LogP contribution in [0.25, 0.3) is 0 Å². The first kappa shape index (κ1) is 17.0. The number of carbonyl (C=O) groups is 1. The zero-order valence-electron chi connectivity index (χ0n) is 13.4. The maximum Gasteiger partial charge on any atom is 0.261 e. The summed E-state index contributed by atoms with van der Waals surface area (Å²) in [6.07, 6.45) is 1.59. The van der Waals surface area contributed by atoms with Crippen molar-refractivity contribution in [3.05, 3.63) is 69.6 Å². The molecule has 2 atom stereocenters. The van der Waals surface area contributed by atoms with Crippen LogP contribution in [-0.2, 0) is 0 Å². The summed E-state index contributed by atoms with van der Waals surface area (Å²) in [7, 11) is 0. The second-order valence-electron chi connectivity index (χ2n) is 5.77. The highest BCUT2D eigenvalue weighted by Gasteiger charge is 2.18. The van der Waals surface area contributed by atoms with E-state index < -0.39 is 17.6 Å². The van der Waals surface area contributed by atoms with Gasteiger partial charge in [-0.15, -0.1) is 0 Å². The lowest BCUT2D eigenvalue weighted by Gasteiger charge is -2.19. The fourth-order valence-electron chi connectivity index (χ4n) is 2.64. The van der Waals surface area contributed by atoms with Crippen LogP contribution in [-0.4, -0.2) is 28.6 Å². The Morgan fingerprint density at radius 1 is 1.26 bits per heavy atom. The number of carbonyl (C=O) groups excluding carboxylic acids is 1. The van der Waals surface area contributed by atoms with Crippen molar-refractivity contribution in [2.45, 2.75) is 32.3 Å². The molecule has 0 aliphatic carbocycles. The van der Waals surface area contributed by atoms with E-state index in [9.17, 15) is 14.7 Å². The zero-order chi connectivity index (χ0) is 16.8. The molecule has 122 valence electrons. The maximum absolute atomic E-state index is 12.3. The largest absolute Gasteiger partial charge is 0.393 e. The van der Waals surface area contributed by atoms with Crippen LogP contribution in [0.2, 0.25) is 0 Å². The lowest BCUT2D eigenvalue weighted by molar-refractivity contribution is 0.0943. The van der Waals surface area contributed by atoms with Crippen molar-refractivity contribution in [1.82, 2.24) is 10.3 Å². The Labute approximate surface area is 135 Å². The number of aromatic nitrogens is 1. The Morgan fingerprint density at radius 2 is 1.96 bits per heavy atom. The zero-order valence-corrected chi connectivity index (χ0v) is 13.4. The molecule has 0 saturated carbocycles. The summed E-state index contributed by atoms with van der Waals surface area (Å²) < 4.78 is 0. The number of benzene rings is 1. The predicted octanol–water partition coefficient (Wildman–Crippen LogP) is 1.97. The van der Waals surface area contributed by atoms with Crippen LogP contribution in [0.3, 0.4) is 0 Å². The van der Waals surface area contributed by atoms with Crippen LogP contribution in [0.1, 0.15) is 40.7 Å². The molecule has 0 fully saturated rings. The summed E-state index contributed by atoms with van der Waals surface area (Å²) >= 11 is 0. The molecule has 0 aliphatic heterocycles. The summed E-state index contributed by atoms with van der Waals surface area (Å²) in [5.74, 6) is -0.404. The lowest BCUT2D eigenvalue weighted by Crippen LogP contribution is -2.34. The number of aromatic amines is 1. The quantitative estimate of drug-likeness (QED) is 0.762. The minimum absolute atomic E-state index is 0.0109. The fraction of sp³-hybridized carbons (Fsp3) is 0.333. The number of aryl methyl sites for hydroxylation is 1. The van der Waals surface area contributed by atoms with Gasteiger partial charge in [0.1, 0.15) is 5.56 Å². The van der Waals surface area contributed by atoms with Crippen molar-refractivity contribution in [3.63, 3.8) is 0 Å². The molecule has 1 heterocycles. The topological polar surface area (TPSA) is 82.2 Å². The van der Waals surface area contributed by atoms with Crippen LogP contribution in [0, 0.1) is 6.92 Å². The molecule has 0 saturated heterocycles. The molecule has 0 aliphatic rings. The van der Waals surface area contributed by atoms with Gasteiger partial charge in [0.2, 0.25) is 0 Å². The number of aliphatic hydroxyl groups excluding tert-OH is 1. The molecule has 23 heavy (non-hydrogen) atoms. The first-order valence-electron chi connectivity index (χ1n) is 7.68. The molecular formula is C18H22N2O3. The molecule has 1 amide bonds. The van der Waals surface area contributed by atoms with Crippen LogP contribution >= 0.6 is 0 Å². The van der Waals surface area contributed by atoms with Gasteiger partial charge in [-0.1, -0.05) is 30.3 Å². The van der Waals surface area contributed by atoms with E-state index in [4.69, 9.17) is 0 Å². The smallest absolute Gasteiger partial charge is 0.261 e. The van der Waals surface area contributed by atoms with E-state index >= 15 is 0 Å². The van der Waals surface area contributed by atoms with E-state index in [1.165, 1.54) is 6.20 Å². The molecule has 1 aromatic heterocycles. The summed E-state index contributed by atoms with van der Waals surface area (Å²) in [6.45, 7) is 3.82. The standard InChI is InChI=1S/C18H22N2O3/c1-12-8-9-19-17(22)16(12)18(23)20-11-15(10-13(2)21)14-6-4-3-5-7-14/h3-9,13,15,21H,10-11H2,1-2H3,(H,19,22)(H,20,23). The van der Waals surface area contributed by atoms with Crippen molar-refractivity contribution in [2.24, 2.45) is 0 Å².